The molecule has 0 saturated carbocycles. The minimum absolute atomic E-state index is 0.168. The molecule has 0 atom stereocenters. The molecule has 2 heterocycles. The Labute approximate surface area is 181 Å². The lowest BCUT2D eigenvalue weighted by Gasteiger charge is -2.10. The van der Waals surface area contributed by atoms with E-state index in [-0.39, 0.29) is 5.13 Å². The third-order valence-electron chi connectivity index (χ3n) is 4.17. The van der Waals surface area contributed by atoms with Gasteiger partial charge in [0.25, 0.3) is 10.0 Å². The summed E-state index contributed by atoms with van der Waals surface area (Å²) in [6.07, 6.45) is 1.46. The lowest BCUT2D eigenvalue weighted by Crippen LogP contribution is -2.14. The largest absolute Gasteiger partial charge is 0.340 e. The van der Waals surface area contributed by atoms with E-state index in [2.05, 4.69) is 20.1 Å². The van der Waals surface area contributed by atoms with E-state index in [1.54, 1.807) is 35.3 Å². The molecule has 2 aromatic carbocycles. The molecule has 0 fully saturated rings. The molecule has 7 nitrogen and oxygen atoms in total. The summed E-state index contributed by atoms with van der Waals surface area (Å²) in [5, 5.41) is 9.89. The number of sulfonamides is 1. The van der Waals surface area contributed by atoms with Crippen molar-refractivity contribution in [3.05, 3.63) is 70.9 Å². The molecule has 0 saturated heterocycles. The molecule has 0 spiro atoms. The third-order valence-corrected chi connectivity index (χ3v) is 6.61. The maximum absolute atomic E-state index is 14.6. The van der Waals surface area contributed by atoms with Crippen LogP contribution in [0.3, 0.4) is 0 Å². The van der Waals surface area contributed by atoms with E-state index in [4.69, 9.17) is 11.6 Å². The van der Waals surface area contributed by atoms with Crippen LogP contribution in [0.5, 0.6) is 0 Å². The van der Waals surface area contributed by atoms with Gasteiger partial charge in [0.05, 0.1) is 5.69 Å². The van der Waals surface area contributed by atoms with Crippen LogP contribution in [0.2, 0.25) is 5.02 Å². The highest BCUT2D eigenvalue weighted by atomic mass is 35.5. The molecule has 0 radical (unpaired) electrons. The number of aryl methyl sites for hydroxylation is 1. The molecule has 154 valence electrons. The highest BCUT2D eigenvalue weighted by Gasteiger charge is 2.21. The molecular formula is C19H15ClFN5O2S2. The number of benzene rings is 2. The Hall–Kier alpha value is -2.95. The smallest absolute Gasteiger partial charge is 0.266 e. The average molecular weight is 464 g/mol. The number of nitrogens with zero attached hydrogens (tertiary/aromatic N) is 3. The Kier molecular flexibility index (Phi) is 5.46. The zero-order valence-electron chi connectivity index (χ0n) is 15.5. The predicted molar refractivity (Wildman–Crippen MR) is 116 cm³/mol. The molecular weight excluding hydrogens is 449 g/mol. The van der Waals surface area contributed by atoms with E-state index < -0.39 is 20.7 Å². The SMILES string of the molecule is Cn1nc(-c2ccc(Cl)cc2)cc1Nc1ccc(S(=O)(=O)Nc2nccs2)c(F)c1. The van der Waals surface area contributed by atoms with Gasteiger partial charge in [-0.25, -0.2) is 17.8 Å². The van der Waals surface area contributed by atoms with Gasteiger partial charge in [-0.3, -0.25) is 9.40 Å². The number of nitrogens with one attached hydrogen (secondary N) is 2. The van der Waals surface area contributed by atoms with Gasteiger partial charge in [0, 0.05) is 41.0 Å². The Balaban J connectivity index is 1.56. The van der Waals surface area contributed by atoms with Crippen molar-refractivity contribution < 1.29 is 12.8 Å². The van der Waals surface area contributed by atoms with Crippen molar-refractivity contribution in [2.75, 3.05) is 10.0 Å². The Morgan fingerprint density at radius 2 is 1.90 bits per heavy atom. The standard InChI is InChI=1S/C19H15ClFN5O2S2/c1-26-18(11-16(24-26)12-2-4-13(20)5-3-12)23-14-6-7-17(15(21)10-14)30(27,28)25-19-22-8-9-29-19/h2-11,23H,1H3,(H,22,25). The highest BCUT2D eigenvalue weighted by molar-refractivity contribution is 7.93. The van der Waals surface area contributed by atoms with Gasteiger partial charge in [-0.15, -0.1) is 11.3 Å². The van der Waals surface area contributed by atoms with Crippen molar-refractivity contribution in [1.29, 1.82) is 0 Å². The molecule has 30 heavy (non-hydrogen) atoms. The van der Waals surface area contributed by atoms with Gasteiger partial charge in [0.1, 0.15) is 16.5 Å². The van der Waals surface area contributed by atoms with Crippen LogP contribution in [-0.4, -0.2) is 23.2 Å². The molecule has 0 unspecified atom stereocenters. The zero-order valence-corrected chi connectivity index (χ0v) is 17.9. The second-order valence-electron chi connectivity index (χ2n) is 6.26. The van der Waals surface area contributed by atoms with E-state index in [1.807, 2.05) is 12.1 Å². The van der Waals surface area contributed by atoms with Gasteiger partial charge in [-0.1, -0.05) is 23.7 Å². The van der Waals surface area contributed by atoms with E-state index in [1.165, 1.54) is 18.3 Å². The minimum atomic E-state index is -4.08. The number of rotatable bonds is 6. The van der Waals surface area contributed by atoms with Gasteiger partial charge in [-0.05, 0) is 30.3 Å². The molecule has 4 rings (SSSR count). The summed E-state index contributed by atoms with van der Waals surface area (Å²) in [6, 6.07) is 12.8. The number of hydrogen-bond donors (Lipinski definition) is 2. The maximum atomic E-state index is 14.6. The van der Waals surface area contributed by atoms with Crippen LogP contribution in [0.25, 0.3) is 11.3 Å². The minimum Gasteiger partial charge on any atom is -0.340 e. The van der Waals surface area contributed by atoms with Crippen molar-refractivity contribution in [2.45, 2.75) is 4.90 Å². The summed E-state index contributed by atoms with van der Waals surface area (Å²) < 4.78 is 43.2. The lowest BCUT2D eigenvalue weighted by atomic mass is 10.1. The monoisotopic (exact) mass is 463 g/mol. The average Bonchev–Trinajstić information content (AvgIpc) is 3.32. The normalized spacial score (nSPS) is 11.4. The molecule has 0 aliphatic rings. The first-order chi connectivity index (χ1) is 14.3. The van der Waals surface area contributed by atoms with Crippen molar-refractivity contribution in [2.24, 2.45) is 7.05 Å². The predicted octanol–water partition coefficient (Wildman–Crippen LogP) is 4.88. The van der Waals surface area contributed by atoms with Crippen LogP contribution in [0.15, 0.2) is 65.0 Å². The molecule has 2 N–H and O–H groups in total. The van der Waals surface area contributed by atoms with Crippen molar-refractivity contribution in [1.82, 2.24) is 14.8 Å². The fraction of sp³-hybridized carbons (Fsp3) is 0.0526. The van der Waals surface area contributed by atoms with Crippen molar-refractivity contribution in [3.8, 4) is 11.3 Å². The fourth-order valence-corrected chi connectivity index (χ4v) is 4.71. The number of halogens is 2. The van der Waals surface area contributed by atoms with E-state index >= 15 is 0 Å². The van der Waals surface area contributed by atoms with Crippen LogP contribution >= 0.6 is 22.9 Å². The quantitative estimate of drug-likeness (QED) is 0.425. The van der Waals surface area contributed by atoms with Crippen LogP contribution < -0.4 is 10.0 Å². The second kappa shape index (κ2) is 8.05. The number of aromatic nitrogens is 3. The molecule has 4 aromatic rings. The van der Waals surface area contributed by atoms with Crippen molar-refractivity contribution >= 4 is 49.6 Å². The highest BCUT2D eigenvalue weighted by Crippen LogP contribution is 2.27. The maximum Gasteiger partial charge on any atom is 0.266 e. The molecule has 11 heteroatoms. The summed E-state index contributed by atoms with van der Waals surface area (Å²) in [5.74, 6) is -0.278. The third kappa shape index (κ3) is 4.30. The molecule has 0 aliphatic heterocycles. The van der Waals surface area contributed by atoms with Gasteiger partial charge < -0.3 is 5.32 Å². The Morgan fingerprint density at radius 1 is 1.13 bits per heavy atom. The molecule has 0 bridgehead atoms. The van der Waals surface area contributed by atoms with Gasteiger partial charge in [0.15, 0.2) is 5.13 Å². The second-order valence-corrected chi connectivity index (χ2v) is 9.24. The molecule has 2 aromatic heterocycles. The van der Waals surface area contributed by atoms with Crippen LogP contribution in [-0.2, 0) is 17.1 Å². The van der Waals surface area contributed by atoms with Crippen molar-refractivity contribution in [3.63, 3.8) is 0 Å². The summed E-state index contributed by atoms with van der Waals surface area (Å²) >= 11 is 7.02. The number of thiazole rings is 1. The summed E-state index contributed by atoms with van der Waals surface area (Å²) in [7, 11) is -2.34. The van der Waals surface area contributed by atoms with Gasteiger partial charge >= 0.3 is 0 Å². The number of hydrogen-bond acceptors (Lipinski definition) is 6. The summed E-state index contributed by atoms with van der Waals surface area (Å²) in [6.45, 7) is 0. The summed E-state index contributed by atoms with van der Waals surface area (Å²) in [5.41, 5.74) is 1.97. The first-order valence-electron chi connectivity index (χ1n) is 8.61. The van der Waals surface area contributed by atoms with Crippen LogP contribution in [0.4, 0.5) is 21.0 Å². The summed E-state index contributed by atoms with van der Waals surface area (Å²) in [4.78, 5) is 3.39. The first-order valence-corrected chi connectivity index (χ1v) is 11.3. The van der Waals surface area contributed by atoms with Gasteiger partial charge in [0.2, 0.25) is 0 Å². The topological polar surface area (TPSA) is 88.9 Å². The van der Waals surface area contributed by atoms with E-state index in [9.17, 15) is 12.8 Å². The fourth-order valence-electron chi connectivity index (χ4n) is 2.73. The lowest BCUT2D eigenvalue weighted by molar-refractivity contribution is 0.570. The zero-order chi connectivity index (χ0) is 21.3. The number of anilines is 3. The van der Waals surface area contributed by atoms with E-state index in [0.29, 0.717) is 22.2 Å². The Bertz CT molecular complexity index is 1290. The Morgan fingerprint density at radius 3 is 2.57 bits per heavy atom. The molecule has 0 amide bonds. The van der Waals surface area contributed by atoms with Crippen LogP contribution in [0.1, 0.15) is 0 Å². The first kappa shape index (κ1) is 20.3. The molecule has 0 aliphatic carbocycles. The van der Waals surface area contributed by atoms with Gasteiger partial charge in [-0.2, -0.15) is 5.10 Å². The van der Waals surface area contributed by atoms with Crippen LogP contribution in [0, 0.1) is 5.82 Å². The van der Waals surface area contributed by atoms with E-state index in [0.717, 1.165) is 23.0 Å².